The number of aromatic nitrogens is 1. The molecule has 0 unspecified atom stereocenters. The van der Waals surface area contributed by atoms with E-state index in [0.29, 0.717) is 48.4 Å². The minimum Gasteiger partial charge on any atom is -0.486 e. The quantitative estimate of drug-likeness (QED) is 0.390. The number of nitrogens with zero attached hydrogens (tertiary/aromatic N) is 2. The molecule has 1 aromatic carbocycles. The zero-order valence-electron chi connectivity index (χ0n) is 19.7. The average molecular weight is 544 g/mol. The summed E-state index contributed by atoms with van der Waals surface area (Å²) in [6.07, 6.45) is 1.70. The molecule has 5 rings (SSSR count). The SMILES string of the molecule is NC(=O)c1nsc(C(=O)N(c2ccc3c(c2)OCCO3)[C@H](C(=O)NC[C@@H]2CCCO2)c2cccs2)c1N. The third-order valence-electron chi connectivity index (χ3n) is 6.03. The van der Waals surface area contributed by atoms with Gasteiger partial charge < -0.3 is 31.0 Å². The lowest BCUT2D eigenvalue weighted by Crippen LogP contribution is -2.45. The maximum Gasteiger partial charge on any atom is 0.273 e. The lowest BCUT2D eigenvalue weighted by atomic mass is 10.1. The topological polar surface area (TPSA) is 159 Å². The molecule has 37 heavy (non-hydrogen) atoms. The van der Waals surface area contributed by atoms with Gasteiger partial charge in [0.1, 0.15) is 18.1 Å². The molecular formula is C24H25N5O6S2. The van der Waals surface area contributed by atoms with Crippen LogP contribution in [-0.4, -0.2) is 54.6 Å². The number of fused-ring (bicyclic) bond motifs is 1. The first kappa shape index (κ1) is 25.0. The van der Waals surface area contributed by atoms with E-state index in [1.165, 1.54) is 16.2 Å². The van der Waals surface area contributed by atoms with E-state index < -0.39 is 17.9 Å². The maximum atomic E-state index is 14.1. The number of carbonyl (C=O) groups is 3. The van der Waals surface area contributed by atoms with Gasteiger partial charge in [-0.25, -0.2) is 0 Å². The van der Waals surface area contributed by atoms with E-state index in [4.69, 9.17) is 25.7 Å². The largest absolute Gasteiger partial charge is 0.486 e. The number of primary amides is 1. The highest BCUT2D eigenvalue weighted by molar-refractivity contribution is 7.10. The first-order valence-electron chi connectivity index (χ1n) is 11.6. The number of rotatable bonds is 8. The summed E-state index contributed by atoms with van der Waals surface area (Å²) in [5.74, 6) is -0.861. The fourth-order valence-electron chi connectivity index (χ4n) is 4.24. The van der Waals surface area contributed by atoms with Crippen LogP contribution in [0.3, 0.4) is 0 Å². The first-order chi connectivity index (χ1) is 17.9. The minimum atomic E-state index is -1.05. The molecule has 2 atom stereocenters. The molecule has 1 fully saturated rings. The predicted octanol–water partition coefficient (Wildman–Crippen LogP) is 2.34. The predicted molar refractivity (Wildman–Crippen MR) is 138 cm³/mol. The van der Waals surface area contributed by atoms with Crippen molar-refractivity contribution < 1.29 is 28.6 Å². The molecule has 13 heteroatoms. The molecule has 0 radical (unpaired) electrons. The molecule has 3 amide bonds. The van der Waals surface area contributed by atoms with E-state index in [9.17, 15) is 14.4 Å². The Morgan fingerprint density at radius 3 is 2.65 bits per heavy atom. The van der Waals surface area contributed by atoms with Gasteiger partial charge in [0.05, 0.1) is 11.8 Å². The van der Waals surface area contributed by atoms with E-state index in [1.54, 1.807) is 30.3 Å². The normalized spacial score (nSPS) is 17.2. The minimum absolute atomic E-state index is 0.00262. The van der Waals surface area contributed by atoms with Gasteiger partial charge in [-0.05, 0) is 48.0 Å². The summed E-state index contributed by atoms with van der Waals surface area (Å²) in [5, 5.41) is 4.77. The number of carbonyl (C=O) groups excluding carboxylic acids is 3. The van der Waals surface area contributed by atoms with Crippen LogP contribution in [0.25, 0.3) is 0 Å². The number of anilines is 2. The number of nitrogens with one attached hydrogen (secondary N) is 1. The second kappa shape index (κ2) is 10.7. The Kier molecular flexibility index (Phi) is 7.26. The third-order valence-corrected chi connectivity index (χ3v) is 7.80. The molecule has 0 spiro atoms. The van der Waals surface area contributed by atoms with Crippen LogP contribution in [0.4, 0.5) is 11.4 Å². The van der Waals surface area contributed by atoms with Crippen molar-refractivity contribution in [3.63, 3.8) is 0 Å². The van der Waals surface area contributed by atoms with Gasteiger partial charge >= 0.3 is 0 Å². The molecule has 0 saturated carbocycles. The Labute approximate surface area is 220 Å². The summed E-state index contributed by atoms with van der Waals surface area (Å²) in [6.45, 7) is 1.73. The standard InChI is InChI=1S/C24H25N5O6S2/c25-18-19(22(26)30)28-37-21(18)24(32)29(13-5-6-15-16(11-13)35-9-8-34-15)20(17-4-2-10-36-17)23(31)27-12-14-3-1-7-33-14/h2,4-6,10-11,14,20H,1,3,7-9,12,25H2,(H2,26,30)(H,27,31)/t14-,20-/m0/s1. The highest BCUT2D eigenvalue weighted by Crippen LogP contribution is 2.39. The van der Waals surface area contributed by atoms with Crippen LogP contribution in [0, 0.1) is 0 Å². The Morgan fingerprint density at radius 2 is 1.97 bits per heavy atom. The molecule has 0 bridgehead atoms. The van der Waals surface area contributed by atoms with Crippen LogP contribution in [0.2, 0.25) is 0 Å². The van der Waals surface area contributed by atoms with Crippen LogP contribution in [0.1, 0.15) is 43.9 Å². The van der Waals surface area contributed by atoms with Crippen molar-refractivity contribution in [2.75, 3.05) is 37.0 Å². The van der Waals surface area contributed by atoms with Crippen LogP contribution in [0.5, 0.6) is 11.5 Å². The third kappa shape index (κ3) is 5.10. The molecule has 2 aliphatic rings. The van der Waals surface area contributed by atoms with Crippen molar-refractivity contribution in [2.45, 2.75) is 25.0 Å². The Hall–Kier alpha value is -3.68. The van der Waals surface area contributed by atoms with Crippen LogP contribution >= 0.6 is 22.9 Å². The van der Waals surface area contributed by atoms with Gasteiger partial charge in [0.25, 0.3) is 11.8 Å². The van der Waals surface area contributed by atoms with Crippen molar-refractivity contribution in [3.05, 3.63) is 51.2 Å². The number of hydrogen-bond acceptors (Lipinski definition) is 10. The van der Waals surface area contributed by atoms with Gasteiger partial charge in [-0.3, -0.25) is 19.3 Å². The number of thiophene rings is 1. The van der Waals surface area contributed by atoms with E-state index in [1.807, 2.05) is 5.38 Å². The van der Waals surface area contributed by atoms with Crippen molar-refractivity contribution >= 4 is 52.0 Å². The van der Waals surface area contributed by atoms with Gasteiger partial charge in [-0.1, -0.05) is 6.07 Å². The summed E-state index contributed by atoms with van der Waals surface area (Å²) in [7, 11) is 0. The number of ether oxygens (including phenoxy) is 3. The maximum absolute atomic E-state index is 14.1. The van der Waals surface area contributed by atoms with Gasteiger partial charge in [0.2, 0.25) is 5.91 Å². The molecule has 2 aliphatic heterocycles. The van der Waals surface area contributed by atoms with E-state index >= 15 is 0 Å². The summed E-state index contributed by atoms with van der Waals surface area (Å²) < 4.78 is 21.0. The molecule has 4 heterocycles. The van der Waals surface area contributed by atoms with Crippen LogP contribution in [-0.2, 0) is 9.53 Å². The van der Waals surface area contributed by atoms with E-state index in [0.717, 1.165) is 24.4 Å². The number of nitrogens with two attached hydrogens (primary N) is 2. The van der Waals surface area contributed by atoms with Crippen LogP contribution in [0.15, 0.2) is 35.7 Å². The van der Waals surface area contributed by atoms with Crippen molar-refractivity contribution in [1.29, 1.82) is 0 Å². The molecule has 5 N–H and O–H groups in total. The molecule has 194 valence electrons. The molecule has 1 saturated heterocycles. The monoisotopic (exact) mass is 543 g/mol. The lowest BCUT2D eigenvalue weighted by molar-refractivity contribution is -0.122. The Balaban J connectivity index is 1.57. The van der Waals surface area contributed by atoms with Gasteiger partial charge in [-0.2, -0.15) is 4.37 Å². The summed E-state index contributed by atoms with van der Waals surface area (Å²) in [5.41, 5.74) is 11.5. The highest BCUT2D eigenvalue weighted by atomic mass is 32.1. The fourth-order valence-corrected chi connectivity index (χ4v) is 5.80. The summed E-state index contributed by atoms with van der Waals surface area (Å²) in [4.78, 5) is 41.5. The molecule has 2 aromatic heterocycles. The number of nitrogen functional groups attached to an aromatic ring is 1. The van der Waals surface area contributed by atoms with Crippen LogP contribution < -0.4 is 31.2 Å². The molecule has 0 aliphatic carbocycles. The number of benzene rings is 1. The number of hydrogen-bond donors (Lipinski definition) is 3. The first-order valence-corrected chi connectivity index (χ1v) is 13.3. The molecule has 3 aromatic rings. The van der Waals surface area contributed by atoms with Gasteiger partial charge in [0.15, 0.2) is 23.2 Å². The average Bonchev–Trinajstić information content (AvgIpc) is 3.68. The lowest BCUT2D eigenvalue weighted by Gasteiger charge is -2.31. The zero-order valence-corrected chi connectivity index (χ0v) is 21.3. The fraction of sp³-hybridized carbons (Fsp3) is 0.333. The number of amides is 3. The molecule has 11 nitrogen and oxygen atoms in total. The van der Waals surface area contributed by atoms with Crippen molar-refractivity contribution in [3.8, 4) is 11.5 Å². The highest BCUT2D eigenvalue weighted by Gasteiger charge is 2.37. The second-order valence-electron chi connectivity index (χ2n) is 8.44. The molecular weight excluding hydrogens is 518 g/mol. The van der Waals surface area contributed by atoms with Crippen molar-refractivity contribution in [2.24, 2.45) is 5.73 Å². The Morgan fingerprint density at radius 1 is 1.16 bits per heavy atom. The van der Waals surface area contributed by atoms with E-state index in [-0.39, 0.29) is 28.3 Å². The smallest absolute Gasteiger partial charge is 0.273 e. The Bertz CT molecular complexity index is 1300. The summed E-state index contributed by atoms with van der Waals surface area (Å²) in [6, 6.07) is 7.54. The zero-order chi connectivity index (χ0) is 25.9. The summed E-state index contributed by atoms with van der Waals surface area (Å²) >= 11 is 2.09. The van der Waals surface area contributed by atoms with E-state index in [2.05, 4.69) is 9.69 Å². The van der Waals surface area contributed by atoms with Gasteiger partial charge in [0, 0.05) is 29.8 Å². The van der Waals surface area contributed by atoms with Crippen molar-refractivity contribution in [1.82, 2.24) is 9.69 Å². The second-order valence-corrected chi connectivity index (χ2v) is 10.2. The van der Waals surface area contributed by atoms with Gasteiger partial charge in [-0.15, -0.1) is 11.3 Å².